The van der Waals surface area contributed by atoms with Crippen LogP contribution in [0.5, 0.6) is 0 Å². The summed E-state index contributed by atoms with van der Waals surface area (Å²) in [7, 11) is 0. The van der Waals surface area contributed by atoms with Crippen molar-refractivity contribution in [3.05, 3.63) is 41.2 Å². The summed E-state index contributed by atoms with van der Waals surface area (Å²) in [5.41, 5.74) is -1.72. The second-order valence-electron chi connectivity index (χ2n) is 2.84. The summed E-state index contributed by atoms with van der Waals surface area (Å²) in [4.78, 5) is 10.3. The van der Waals surface area contributed by atoms with Crippen LogP contribution in [-0.4, -0.2) is 5.24 Å². The number of benzene rings is 1. The molecule has 6 heteroatoms. The number of hydrogen-bond acceptors (Lipinski definition) is 1. The highest BCUT2D eigenvalue weighted by molar-refractivity contribution is 6.66. The Kier molecular flexibility index (Phi) is 3.70. The van der Waals surface area contributed by atoms with Crippen molar-refractivity contribution < 1.29 is 22.4 Å². The predicted molar refractivity (Wildman–Crippen MR) is 51.3 cm³/mol. The van der Waals surface area contributed by atoms with E-state index in [0.717, 1.165) is 24.3 Å². The maximum atomic E-state index is 13.3. The van der Waals surface area contributed by atoms with E-state index in [9.17, 15) is 22.4 Å². The van der Waals surface area contributed by atoms with Crippen LogP contribution in [0, 0.1) is 5.82 Å². The molecule has 0 aliphatic rings. The third-order valence-electron chi connectivity index (χ3n) is 1.73. The van der Waals surface area contributed by atoms with Crippen LogP contribution in [-0.2, 0) is 11.0 Å². The number of hydrogen-bond donors (Lipinski definition) is 0. The van der Waals surface area contributed by atoms with Crippen molar-refractivity contribution in [2.24, 2.45) is 0 Å². The molecule has 0 heterocycles. The van der Waals surface area contributed by atoms with Crippen LogP contribution in [0.4, 0.5) is 17.6 Å². The van der Waals surface area contributed by atoms with Gasteiger partial charge in [0, 0.05) is 5.56 Å². The van der Waals surface area contributed by atoms with Gasteiger partial charge in [-0.3, -0.25) is 4.79 Å². The standard InChI is InChI=1S/C10H5ClF4O/c11-8(16)5-4-6-2-1-3-7(9(6)12)10(13,14)15/h1-5H. The second-order valence-corrected chi connectivity index (χ2v) is 3.22. The summed E-state index contributed by atoms with van der Waals surface area (Å²) < 4.78 is 50.1. The molecule has 0 amide bonds. The summed E-state index contributed by atoms with van der Waals surface area (Å²) in [6.45, 7) is 0. The van der Waals surface area contributed by atoms with Crippen LogP contribution >= 0.6 is 11.6 Å². The topological polar surface area (TPSA) is 17.1 Å². The van der Waals surface area contributed by atoms with Gasteiger partial charge in [0.2, 0.25) is 5.24 Å². The van der Waals surface area contributed by atoms with Crippen LogP contribution in [0.2, 0.25) is 0 Å². The van der Waals surface area contributed by atoms with Crippen molar-refractivity contribution in [2.75, 3.05) is 0 Å². The molecule has 0 aliphatic carbocycles. The summed E-state index contributed by atoms with van der Waals surface area (Å²) >= 11 is 4.94. The van der Waals surface area contributed by atoms with Gasteiger partial charge in [0.05, 0.1) is 5.56 Å². The highest BCUT2D eigenvalue weighted by atomic mass is 35.5. The fraction of sp³-hybridized carbons (Fsp3) is 0.100. The average molecular weight is 253 g/mol. The molecule has 0 aliphatic heterocycles. The molecule has 0 aromatic heterocycles. The molecule has 0 saturated carbocycles. The van der Waals surface area contributed by atoms with Crippen LogP contribution in [0.1, 0.15) is 11.1 Å². The van der Waals surface area contributed by atoms with E-state index < -0.39 is 22.8 Å². The van der Waals surface area contributed by atoms with Gasteiger partial charge in [-0.15, -0.1) is 0 Å². The van der Waals surface area contributed by atoms with Gasteiger partial charge in [-0.25, -0.2) is 4.39 Å². The zero-order valence-electron chi connectivity index (χ0n) is 7.68. The quantitative estimate of drug-likeness (QED) is 0.446. The van der Waals surface area contributed by atoms with Gasteiger partial charge in [0.25, 0.3) is 0 Å². The first-order valence-corrected chi connectivity index (χ1v) is 4.43. The van der Waals surface area contributed by atoms with Gasteiger partial charge in [-0.2, -0.15) is 13.2 Å². The van der Waals surface area contributed by atoms with Gasteiger partial charge < -0.3 is 0 Å². The smallest absolute Gasteiger partial charge is 0.276 e. The summed E-state index contributed by atoms with van der Waals surface area (Å²) in [5, 5.41) is -0.892. The first-order chi connectivity index (χ1) is 7.32. The normalized spacial score (nSPS) is 12.1. The van der Waals surface area contributed by atoms with Crippen molar-refractivity contribution in [3.8, 4) is 0 Å². The number of rotatable bonds is 2. The number of halogens is 5. The highest BCUT2D eigenvalue weighted by Crippen LogP contribution is 2.32. The fourth-order valence-electron chi connectivity index (χ4n) is 1.05. The van der Waals surface area contributed by atoms with Crippen molar-refractivity contribution in [1.29, 1.82) is 0 Å². The van der Waals surface area contributed by atoms with E-state index in [1.807, 2.05) is 0 Å². The monoisotopic (exact) mass is 252 g/mol. The molecule has 0 N–H and O–H groups in total. The predicted octanol–water partition coefficient (Wildman–Crippen LogP) is 3.62. The molecule has 1 nitrogen and oxygen atoms in total. The Morgan fingerprint density at radius 2 is 1.94 bits per heavy atom. The van der Waals surface area contributed by atoms with Gasteiger partial charge in [0.1, 0.15) is 5.82 Å². The lowest BCUT2D eigenvalue weighted by atomic mass is 10.1. The van der Waals surface area contributed by atoms with Crippen LogP contribution in [0.25, 0.3) is 6.08 Å². The minimum absolute atomic E-state index is 0.344. The molecule has 0 saturated heterocycles. The van der Waals surface area contributed by atoms with Gasteiger partial charge in [-0.05, 0) is 29.8 Å². The van der Waals surface area contributed by atoms with Crippen molar-refractivity contribution in [1.82, 2.24) is 0 Å². The molecule has 1 aromatic carbocycles. The van der Waals surface area contributed by atoms with Crippen LogP contribution in [0.3, 0.4) is 0 Å². The minimum atomic E-state index is -4.76. The number of alkyl halides is 3. The molecular weight excluding hydrogens is 248 g/mol. The second kappa shape index (κ2) is 4.65. The molecule has 0 bridgehead atoms. The lowest BCUT2D eigenvalue weighted by Crippen LogP contribution is -2.08. The molecule has 0 spiro atoms. The average Bonchev–Trinajstić information content (AvgIpc) is 2.14. The van der Waals surface area contributed by atoms with E-state index in [4.69, 9.17) is 11.6 Å². The zero-order chi connectivity index (χ0) is 12.3. The third-order valence-corrected chi connectivity index (χ3v) is 1.85. The minimum Gasteiger partial charge on any atom is -0.276 e. The lowest BCUT2D eigenvalue weighted by molar-refractivity contribution is -0.140. The Morgan fingerprint density at radius 1 is 1.31 bits per heavy atom. The van der Waals surface area contributed by atoms with Crippen molar-refractivity contribution >= 4 is 22.9 Å². The highest BCUT2D eigenvalue weighted by Gasteiger charge is 2.34. The van der Waals surface area contributed by atoms with Crippen LogP contribution < -0.4 is 0 Å². The Balaban J connectivity index is 3.19. The number of allylic oxidation sites excluding steroid dienone is 1. The molecule has 1 aromatic rings. The van der Waals surface area contributed by atoms with Gasteiger partial charge in [0.15, 0.2) is 0 Å². The zero-order valence-corrected chi connectivity index (χ0v) is 8.44. The Morgan fingerprint density at radius 3 is 2.44 bits per heavy atom. The molecule has 0 fully saturated rings. The Labute approximate surface area is 93.3 Å². The number of carbonyl (C=O) groups excluding carboxylic acids is 1. The molecular formula is C10H5ClF4O. The van der Waals surface area contributed by atoms with E-state index in [1.54, 1.807) is 0 Å². The SMILES string of the molecule is O=C(Cl)C=Cc1cccc(C(F)(F)F)c1F. The largest absolute Gasteiger partial charge is 0.419 e. The molecule has 16 heavy (non-hydrogen) atoms. The fourth-order valence-corrected chi connectivity index (χ4v) is 1.12. The Hall–Kier alpha value is -1.36. The van der Waals surface area contributed by atoms with Gasteiger partial charge >= 0.3 is 6.18 Å². The van der Waals surface area contributed by atoms with E-state index in [0.29, 0.717) is 6.07 Å². The van der Waals surface area contributed by atoms with Gasteiger partial charge in [-0.1, -0.05) is 12.1 Å². The first-order valence-electron chi connectivity index (χ1n) is 4.05. The van der Waals surface area contributed by atoms with Crippen LogP contribution in [0.15, 0.2) is 24.3 Å². The van der Waals surface area contributed by atoms with E-state index in [1.165, 1.54) is 0 Å². The third kappa shape index (κ3) is 3.06. The summed E-state index contributed by atoms with van der Waals surface area (Å²) in [6.07, 6.45) is -3.10. The summed E-state index contributed by atoms with van der Waals surface area (Å²) in [5.74, 6) is -1.43. The number of carbonyl (C=O) groups is 1. The maximum absolute atomic E-state index is 13.3. The lowest BCUT2D eigenvalue weighted by Gasteiger charge is -2.08. The van der Waals surface area contributed by atoms with E-state index in [-0.39, 0.29) is 5.56 Å². The van der Waals surface area contributed by atoms with Crippen molar-refractivity contribution in [3.63, 3.8) is 0 Å². The van der Waals surface area contributed by atoms with E-state index in [2.05, 4.69) is 0 Å². The Bertz CT molecular complexity index is 437. The molecule has 86 valence electrons. The molecule has 0 unspecified atom stereocenters. The van der Waals surface area contributed by atoms with E-state index >= 15 is 0 Å². The maximum Gasteiger partial charge on any atom is 0.419 e. The van der Waals surface area contributed by atoms with Crippen molar-refractivity contribution in [2.45, 2.75) is 6.18 Å². The first kappa shape index (κ1) is 12.7. The molecule has 1 rings (SSSR count). The molecule has 0 atom stereocenters. The summed E-state index contributed by atoms with van der Waals surface area (Å²) in [6, 6.07) is 2.78. The molecule has 0 radical (unpaired) electrons.